The highest BCUT2D eigenvalue weighted by Crippen LogP contribution is 2.28. The topological polar surface area (TPSA) is 53.1 Å². The standard InChI is InChI=1S/C15H20FN3O/c1-9(2)13-5-6-19(18-13)14-8-15(20-10(3)4)11(16)7-12(14)17/h5-10H,17H2,1-4H3. The van der Waals surface area contributed by atoms with Gasteiger partial charge in [0.05, 0.1) is 23.2 Å². The predicted molar refractivity (Wildman–Crippen MR) is 77.8 cm³/mol. The first-order chi connectivity index (χ1) is 9.38. The Morgan fingerprint density at radius 2 is 1.95 bits per heavy atom. The maximum atomic E-state index is 13.8. The van der Waals surface area contributed by atoms with E-state index in [0.717, 1.165) is 5.69 Å². The van der Waals surface area contributed by atoms with E-state index < -0.39 is 5.82 Å². The van der Waals surface area contributed by atoms with E-state index in [9.17, 15) is 4.39 Å². The molecule has 2 N–H and O–H groups in total. The molecule has 1 aromatic heterocycles. The van der Waals surface area contributed by atoms with Crippen LogP contribution in [-0.4, -0.2) is 15.9 Å². The van der Waals surface area contributed by atoms with Crippen LogP contribution in [0.5, 0.6) is 5.75 Å². The Balaban J connectivity index is 2.44. The maximum Gasteiger partial charge on any atom is 0.167 e. The Morgan fingerprint density at radius 3 is 2.50 bits per heavy atom. The van der Waals surface area contributed by atoms with Gasteiger partial charge in [0.2, 0.25) is 0 Å². The van der Waals surface area contributed by atoms with Crippen LogP contribution in [0.1, 0.15) is 39.3 Å². The fourth-order valence-electron chi connectivity index (χ4n) is 1.88. The number of halogens is 1. The number of benzene rings is 1. The summed E-state index contributed by atoms with van der Waals surface area (Å²) in [6.07, 6.45) is 1.71. The molecule has 4 nitrogen and oxygen atoms in total. The van der Waals surface area contributed by atoms with Crippen molar-refractivity contribution in [3.05, 3.63) is 35.9 Å². The molecule has 2 aromatic rings. The van der Waals surface area contributed by atoms with Gasteiger partial charge in [-0.25, -0.2) is 9.07 Å². The number of rotatable bonds is 4. The van der Waals surface area contributed by atoms with Crippen molar-refractivity contribution in [3.63, 3.8) is 0 Å². The number of anilines is 1. The first kappa shape index (κ1) is 14.4. The number of nitrogen functional groups attached to an aromatic ring is 1. The van der Waals surface area contributed by atoms with Crippen molar-refractivity contribution >= 4 is 5.69 Å². The summed E-state index contributed by atoms with van der Waals surface area (Å²) in [7, 11) is 0. The van der Waals surface area contributed by atoms with Gasteiger partial charge in [0, 0.05) is 18.3 Å². The van der Waals surface area contributed by atoms with Crippen LogP contribution in [0.2, 0.25) is 0 Å². The van der Waals surface area contributed by atoms with E-state index >= 15 is 0 Å². The average molecular weight is 277 g/mol. The third-order valence-electron chi connectivity index (χ3n) is 2.89. The number of hydrogen-bond donors (Lipinski definition) is 1. The zero-order valence-corrected chi connectivity index (χ0v) is 12.2. The minimum atomic E-state index is -0.462. The van der Waals surface area contributed by atoms with Gasteiger partial charge in [-0.2, -0.15) is 5.10 Å². The van der Waals surface area contributed by atoms with E-state index in [0.29, 0.717) is 17.3 Å². The van der Waals surface area contributed by atoms with E-state index in [2.05, 4.69) is 18.9 Å². The first-order valence-corrected chi connectivity index (χ1v) is 6.70. The quantitative estimate of drug-likeness (QED) is 0.870. The smallest absolute Gasteiger partial charge is 0.167 e. The molecule has 0 fully saturated rings. The van der Waals surface area contributed by atoms with Crippen LogP contribution in [0.4, 0.5) is 10.1 Å². The van der Waals surface area contributed by atoms with Crippen molar-refractivity contribution in [1.82, 2.24) is 9.78 Å². The van der Waals surface area contributed by atoms with Crippen LogP contribution in [0.3, 0.4) is 0 Å². The molecule has 2 rings (SSSR count). The molecule has 0 aliphatic heterocycles. The van der Waals surface area contributed by atoms with Crippen LogP contribution in [0.25, 0.3) is 5.69 Å². The lowest BCUT2D eigenvalue weighted by molar-refractivity contribution is 0.231. The second-order valence-electron chi connectivity index (χ2n) is 5.35. The van der Waals surface area contributed by atoms with E-state index in [1.807, 2.05) is 26.1 Å². The summed E-state index contributed by atoms with van der Waals surface area (Å²) < 4.78 is 20.9. The summed E-state index contributed by atoms with van der Waals surface area (Å²) in [4.78, 5) is 0. The minimum Gasteiger partial charge on any atom is -0.488 e. The van der Waals surface area contributed by atoms with Crippen molar-refractivity contribution in [3.8, 4) is 11.4 Å². The number of nitrogens with two attached hydrogens (primary N) is 1. The third-order valence-corrected chi connectivity index (χ3v) is 2.89. The fraction of sp³-hybridized carbons (Fsp3) is 0.400. The van der Waals surface area contributed by atoms with E-state index in [1.54, 1.807) is 10.7 Å². The summed E-state index contributed by atoms with van der Waals surface area (Å²) in [6.45, 7) is 7.82. The molecular formula is C15H20FN3O. The van der Waals surface area contributed by atoms with Gasteiger partial charge >= 0.3 is 0 Å². The molecule has 0 atom stereocenters. The molecule has 20 heavy (non-hydrogen) atoms. The maximum absolute atomic E-state index is 13.8. The van der Waals surface area contributed by atoms with Crippen molar-refractivity contribution in [2.24, 2.45) is 0 Å². The third kappa shape index (κ3) is 2.92. The Hall–Kier alpha value is -2.04. The zero-order valence-electron chi connectivity index (χ0n) is 12.2. The summed E-state index contributed by atoms with van der Waals surface area (Å²) in [6, 6.07) is 4.78. The molecule has 0 saturated heterocycles. The van der Waals surface area contributed by atoms with Crippen LogP contribution in [-0.2, 0) is 0 Å². The summed E-state index contributed by atoms with van der Waals surface area (Å²) in [5.41, 5.74) is 7.79. The Kier molecular flexibility index (Phi) is 3.97. The van der Waals surface area contributed by atoms with Gasteiger partial charge < -0.3 is 10.5 Å². The van der Waals surface area contributed by atoms with Gasteiger partial charge in [0.25, 0.3) is 0 Å². The molecule has 0 aliphatic carbocycles. The van der Waals surface area contributed by atoms with Gasteiger partial charge in [-0.1, -0.05) is 13.8 Å². The average Bonchev–Trinajstić information content (AvgIpc) is 2.81. The number of nitrogens with zero attached hydrogens (tertiary/aromatic N) is 2. The van der Waals surface area contributed by atoms with Crippen LogP contribution in [0, 0.1) is 5.82 Å². The minimum absolute atomic E-state index is 0.107. The van der Waals surface area contributed by atoms with Crippen molar-refractivity contribution in [2.75, 3.05) is 5.73 Å². The highest BCUT2D eigenvalue weighted by Gasteiger charge is 2.13. The van der Waals surface area contributed by atoms with Gasteiger partial charge in [0.1, 0.15) is 0 Å². The molecule has 0 spiro atoms. The molecule has 0 aliphatic rings. The van der Waals surface area contributed by atoms with Crippen molar-refractivity contribution in [2.45, 2.75) is 39.7 Å². The lowest BCUT2D eigenvalue weighted by Gasteiger charge is -2.14. The number of aromatic nitrogens is 2. The van der Waals surface area contributed by atoms with Gasteiger partial charge in [-0.15, -0.1) is 0 Å². The fourth-order valence-corrected chi connectivity index (χ4v) is 1.88. The van der Waals surface area contributed by atoms with Gasteiger partial charge in [0.15, 0.2) is 11.6 Å². The molecule has 1 aromatic carbocycles. The Bertz CT molecular complexity index is 605. The largest absolute Gasteiger partial charge is 0.488 e. The second-order valence-corrected chi connectivity index (χ2v) is 5.35. The molecule has 0 radical (unpaired) electrons. The lowest BCUT2D eigenvalue weighted by Crippen LogP contribution is -2.09. The molecule has 0 saturated carbocycles. The molecule has 0 unspecified atom stereocenters. The summed E-state index contributed by atoms with van der Waals surface area (Å²) in [5, 5.41) is 4.45. The number of ether oxygens (including phenoxy) is 1. The SMILES string of the molecule is CC(C)Oc1cc(-n2ccc(C(C)C)n2)c(N)cc1F. The second kappa shape index (κ2) is 5.53. The first-order valence-electron chi connectivity index (χ1n) is 6.70. The monoisotopic (exact) mass is 277 g/mol. The lowest BCUT2D eigenvalue weighted by atomic mass is 10.1. The van der Waals surface area contributed by atoms with Crippen molar-refractivity contribution < 1.29 is 9.13 Å². The molecular weight excluding hydrogens is 257 g/mol. The molecule has 1 heterocycles. The highest BCUT2D eigenvalue weighted by molar-refractivity contribution is 5.60. The van der Waals surface area contributed by atoms with Gasteiger partial charge in [-0.05, 0) is 25.8 Å². The zero-order chi connectivity index (χ0) is 14.9. The van der Waals surface area contributed by atoms with Crippen LogP contribution < -0.4 is 10.5 Å². The molecule has 0 amide bonds. The van der Waals surface area contributed by atoms with E-state index in [-0.39, 0.29) is 11.9 Å². The van der Waals surface area contributed by atoms with Crippen LogP contribution >= 0.6 is 0 Å². The molecule has 108 valence electrons. The highest BCUT2D eigenvalue weighted by atomic mass is 19.1. The molecule has 0 bridgehead atoms. The molecule has 5 heteroatoms. The Labute approximate surface area is 118 Å². The normalized spacial score (nSPS) is 11.3. The van der Waals surface area contributed by atoms with Crippen molar-refractivity contribution in [1.29, 1.82) is 0 Å². The van der Waals surface area contributed by atoms with Gasteiger partial charge in [-0.3, -0.25) is 0 Å². The predicted octanol–water partition coefficient (Wildman–Crippen LogP) is 3.50. The van der Waals surface area contributed by atoms with Crippen LogP contribution in [0.15, 0.2) is 24.4 Å². The summed E-state index contributed by atoms with van der Waals surface area (Å²) >= 11 is 0. The number of hydrogen-bond acceptors (Lipinski definition) is 3. The van der Waals surface area contributed by atoms with E-state index in [4.69, 9.17) is 10.5 Å². The summed E-state index contributed by atoms with van der Waals surface area (Å²) in [5.74, 6) is 0.0475. The van der Waals surface area contributed by atoms with E-state index in [1.165, 1.54) is 6.07 Å². The Morgan fingerprint density at radius 1 is 1.25 bits per heavy atom.